The Bertz CT molecular complexity index is 778. The summed E-state index contributed by atoms with van der Waals surface area (Å²) in [4.78, 5) is 11.1. The van der Waals surface area contributed by atoms with Gasteiger partial charge in [0.25, 0.3) is 10.0 Å². The van der Waals surface area contributed by atoms with Crippen molar-refractivity contribution in [2.45, 2.75) is 18.2 Å². The second-order valence-corrected chi connectivity index (χ2v) is 6.57. The van der Waals surface area contributed by atoms with E-state index in [1.807, 2.05) is 19.1 Å². The van der Waals surface area contributed by atoms with Gasteiger partial charge in [-0.05, 0) is 31.0 Å². The number of rotatable bonds is 6. The third-order valence-electron chi connectivity index (χ3n) is 3.19. The number of benzene rings is 2. The monoisotopic (exact) mass is 315 g/mol. The van der Waals surface area contributed by atoms with E-state index in [9.17, 15) is 13.2 Å². The number of nitrogens with one attached hydrogen (secondary N) is 1. The molecule has 0 aliphatic heterocycles. The number of carbonyl (C=O) groups is 1. The van der Waals surface area contributed by atoms with E-state index in [0.717, 1.165) is 17.4 Å². The first kappa shape index (κ1) is 16.0. The Labute approximate surface area is 130 Å². The summed E-state index contributed by atoms with van der Waals surface area (Å²) in [6.07, 6.45) is 4.33. The molecule has 5 heteroatoms. The topological polar surface area (TPSA) is 63.2 Å². The van der Waals surface area contributed by atoms with Gasteiger partial charge in [0.05, 0.1) is 4.90 Å². The van der Waals surface area contributed by atoms with Crippen LogP contribution in [-0.4, -0.2) is 14.7 Å². The lowest BCUT2D eigenvalue weighted by molar-refractivity contribution is 0.112. The highest BCUT2D eigenvalue weighted by Crippen LogP contribution is 2.10. The fourth-order valence-corrected chi connectivity index (χ4v) is 2.85. The molecule has 0 aliphatic rings. The molecule has 2 aromatic carbocycles. The third kappa shape index (κ3) is 4.05. The molecule has 0 aliphatic carbocycles. The molecule has 0 bridgehead atoms. The minimum atomic E-state index is -3.55. The highest BCUT2D eigenvalue weighted by Gasteiger charge is 2.10. The Morgan fingerprint density at radius 3 is 2.41 bits per heavy atom. The highest BCUT2D eigenvalue weighted by molar-refractivity contribution is 7.89. The van der Waals surface area contributed by atoms with Crippen molar-refractivity contribution in [3.8, 4) is 0 Å². The minimum absolute atomic E-state index is 0.219. The van der Waals surface area contributed by atoms with Crippen molar-refractivity contribution < 1.29 is 13.2 Å². The first-order chi connectivity index (χ1) is 10.5. The van der Waals surface area contributed by atoms with Crippen LogP contribution >= 0.6 is 0 Å². The summed E-state index contributed by atoms with van der Waals surface area (Å²) in [6.45, 7) is 1.90. The van der Waals surface area contributed by atoms with Crippen molar-refractivity contribution in [2.75, 3.05) is 0 Å². The molecular formula is C17H17NO3S. The molecule has 22 heavy (non-hydrogen) atoms. The van der Waals surface area contributed by atoms with E-state index < -0.39 is 10.0 Å². The lowest BCUT2D eigenvalue weighted by atomic mass is 10.1. The third-order valence-corrected chi connectivity index (χ3v) is 4.53. The molecule has 0 aromatic heterocycles. The first-order valence-electron chi connectivity index (χ1n) is 6.80. The van der Waals surface area contributed by atoms with Crippen LogP contribution in [-0.2, 0) is 16.4 Å². The van der Waals surface area contributed by atoms with Crippen molar-refractivity contribution in [2.24, 2.45) is 0 Å². The van der Waals surface area contributed by atoms with Gasteiger partial charge in [-0.2, -0.15) is 0 Å². The quantitative estimate of drug-likeness (QED) is 0.834. The lowest BCUT2D eigenvalue weighted by Gasteiger charge is -2.04. The molecule has 0 fully saturated rings. The standard InChI is InChI=1S/C17H17NO3S/c1-14-8-10-17(11-9-14)22(20,21)18-12-4-7-15-5-2-3-6-16(15)13-19/h2-6,8-13,18H,7H2,1H3. The molecule has 0 amide bonds. The second-order valence-electron chi connectivity index (χ2n) is 4.86. The summed E-state index contributed by atoms with van der Waals surface area (Å²) in [6, 6.07) is 13.8. The van der Waals surface area contributed by atoms with Crippen LogP contribution in [0.1, 0.15) is 21.5 Å². The number of sulfonamides is 1. The number of aryl methyl sites for hydroxylation is 1. The van der Waals surface area contributed by atoms with Crippen LogP contribution in [0.5, 0.6) is 0 Å². The van der Waals surface area contributed by atoms with E-state index in [-0.39, 0.29) is 4.90 Å². The maximum atomic E-state index is 12.1. The lowest BCUT2D eigenvalue weighted by Crippen LogP contribution is -2.17. The van der Waals surface area contributed by atoms with Gasteiger partial charge in [-0.25, -0.2) is 8.42 Å². The van der Waals surface area contributed by atoms with Gasteiger partial charge >= 0.3 is 0 Å². The molecule has 2 aromatic rings. The first-order valence-corrected chi connectivity index (χ1v) is 8.28. The Hall–Kier alpha value is -2.40. The summed E-state index contributed by atoms with van der Waals surface area (Å²) >= 11 is 0. The van der Waals surface area contributed by atoms with Crippen LogP contribution in [0, 0.1) is 6.92 Å². The predicted molar refractivity (Wildman–Crippen MR) is 86.2 cm³/mol. The van der Waals surface area contributed by atoms with Crippen molar-refractivity contribution >= 4 is 16.3 Å². The van der Waals surface area contributed by atoms with Gasteiger partial charge in [0.2, 0.25) is 0 Å². The molecule has 0 spiro atoms. The van der Waals surface area contributed by atoms with E-state index >= 15 is 0 Å². The number of aldehydes is 1. The van der Waals surface area contributed by atoms with Crippen LogP contribution in [0.3, 0.4) is 0 Å². The molecule has 114 valence electrons. The SMILES string of the molecule is Cc1ccc(S(=O)(=O)NC=CCc2ccccc2C=O)cc1. The van der Waals surface area contributed by atoms with Gasteiger partial charge in [0, 0.05) is 11.8 Å². The number of carbonyl (C=O) groups excluding carboxylic acids is 1. The molecule has 0 heterocycles. The van der Waals surface area contributed by atoms with Crippen LogP contribution in [0.25, 0.3) is 0 Å². The Morgan fingerprint density at radius 2 is 1.73 bits per heavy atom. The van der Waals surface area contributed by atoms with Crippen LogP contribution in [0.15, 0.2) is 65.7 Å². The molecule has 0 saturated heterocycles. The van der Waals surface area contributed by atoms with Crippen LogP contribution < -0.4 is 4.72 Å². The van der Waals surface area contributed by atoms with Crippen molar-refractivity contribution in [3.05, 3.63) is 77.5 Å². The largest absolute Gasteiger partial charge is 0.298 e. The van der Waals surface area contributed by atoms with Gasteiger partial charge in [0.1, 0.15) is 6.29 Å². The van der Waals surface area contributed by atoms with Crippen molar-refractivity contribution in [1.82, 2.24) is 4.72 Å². The van der Waals surface area contributed by atoms with Gasteiger partial charge < -0.3 is 0 Å². The molecule has 0 radical (unpaired) electrons. The fourth-order valence-electron chi connectivity index (χ4n) is 1.94. The molecule has 0 atom stereocenters. The summed E-state index contributed by atoms with van der Waals surface area (Å²) < 4.78 is 26.5. The zero-order valence-corrected chi connectivity index (χ0v) is 13.0. The number of hydrogen-bond acceptors (Lipinski definition) is 3. The van der Waals surface area contributed by atoms with Gasteiger partial charge in [-0.15, -0.1) is 0 Å². The molecule has 1 N–H and O–H groups in total. The average molecular weight is 315 g/mol. The van der Waals surface area contributed by atoms with E-state index in [0.29, 0.717) is 12.0 Å². The normalized spacial score (nSPS) is 11.5. The Kier molecular flexibility index (Phi) is 5.12. The predicted octanol–water partition coefficient (Wildman–Crippen LogP) is 2.84. The molecule has 4 nitrogen and oxygen atoms in total. The minimum Gasteiger partial charge on any atom is -0.298 e. The Balaban J connectivity index is 2.02. The van der Waals surface area contributed by atoms with Crippen LogP contribution in [0.4, 0.5) is 0 Å². The fraction of sp³-hybridized carbons (Fsp3) is 0.118. The number of hydrogen-bond donors (Lipinski definition) is 1. The molecule has 0 saturated carbocycles. The zero-order valence-electron chi connectivity index (χ0n) is 12.2. The zero-order chi connectivity index (χ0) is 16.0. The molecule has 2 rings (SSSR count). The summed E-state index contributed by atoms with van der Waals surface area (Å²) in [5.41, 5.74) is 2.46. The summed E-state index contributed by atoms with van der Waals surface area (Å²) in [7, 11) is -3.55. The second kappa shape index (κ2) is 7.04. The summed E-state index contributed by atoms with van der Waals surface area (Å²) in [5, 5.41) is 0. The Morgan fingerprint density at radius 1 is 1.05 bits per heavy atom. The van der Waals surface area contributed by atoms with E-state index in [1.165, 1.54) is 6.20 Å². The van der Waals surface area contributed by atoms with Crippen molar-refractivity contribution in [3.63, 3.8) is 0 Å². The molecule has 0 unspecified atom stereocenters. The number of allylic oxidation sites excluding steroid dienone is 1. The van der Waals surface area contributed by atoms with Gasteiger partial charge in [-0.3, -0.25) is 9.52 Å². The van der Waals surface area contributed by atoms with E-state index in [1.54, 1.807) is 42.5 Å². The maximum absolute atomic E-state index is 12.1. The average Bonchev–Trinajstić information content (AvgIpc) is 2.52. The smallest absolute Gasteiger partial charge is 0.261 e. The summed E-state index contributed by atoms with van der Waals surface area (Å²) in [5.74, 6) is 0. The van der Waals surface area contributed by atoms with E-state index in [2.05, 4.69) is 4.72 Å². The van der Waals surface area contributed by atoms with Crippen LogP contribution in [0.2, 0.25) is 0 Å². The maximum Gasteiger partial charge on any atom is 0.261 e. The van der Waals surface area contributed by atoms with Crippen molar-refractivity contribution in [1.29, 1.82) is 0 Å². The van der Waals surface area contributed by atoms with Gasteiger partial charge in [-0.1, -0.05) is 48.0 Å². The van der Waals surface area contributed by atoms with Gasteiger partial charge in [0.15, 0.2) is 0 Å². The molecular weight excluding hydrogens is 298 g/mol. The van der Waals surface area contributed by atoms with E-state index in [4.69, 9.17) is 0 Å². The highest BCUT2D eigenvalue weighted by atomic mass is 32.2.